The Morgan fingerprint density at radius 3 is 2.68 bits per heavy atom. The number of hydrogen-bond donors (Lipinski definition) is 3. The van der Waals surface area contributed by atoms with Gasteiger partial charge in [-0.3, -0.25) is 9.82 Å². The fraction of sp³-hybridized carbons (Fsp3) is 0.118. The van der Waals surface area contributed by atoms with Gasteiger partial charge in [0.15, 0.2) is 11.5 Å². The predicted octanol–water partition coefficient (Wildman–Crippen LogP) is 3.36. The molecule has 0 radical (unpaired) electrons. The van der Waals surface area contributed by atoms with Crippen molar-refractivity contribution in [3.63, 3.8) is 0 Å². The highest BCUT2D eigenvalue weighted by Gasteiger charge is 2.24. The fourth-order valence-corrected chi connectivity index (χ4v) is 5.23. The fourth-order valence-electron chi connectivity index (χ4n) is 2.73. The molecule has 1 aliphatic heterocycles. The molecule has 1 unspecified atom stereocenters. The zero-order valence-electron chi connectivity index (χ0n) is 14.5. The Bertz CT molecular complexity index is 1220. The number of benzene rings is 1. The van der Waals surface area contributed by atoms with Gasteiger partial charge in [-0.2, -0.15) is 5.10 Å². The van der Waals surface area contributed by atoms with Gasteiger partial charge in [0.25, 0.3) is 0 Å². The van der Waals surface area contributed by atoms with E-state index in [1.54, 1.807) is 41.8 Å². The molecule has 28 heavy (non-hydrogen) atoms. The number of nitrogens with two attached hydrogens (primary N) is 1. The van der Waals surface area contributed by atoms with Gasteiger partial charge < -0.3 is 5.73 Å². The lowest BCUT2D eigenvalue weighted by Gasteiger charge is -2.16. The molecule has 1 aliphatic rings. The largest absolute Gasteiger partial charge is 0.383 e. The van der Waals surface area contributed by atoms with Crippen LogP contribution in [-0.4, -0.2) is 33.2 Å². The maximum absolute atomic E-state index is 12.5. The molecule has 144 valence electrons. The average molecular weight is 435 g/mol. The zero-order chi connectivity index (χ0) is 19.9. The van der Waals surface area contributed by atoms with Gasteiger partial charge in [0, 0.05) is 16.3 Å². The van der Waals surface area contributed by atoms with Crippen molar-refractivity contribution in [3.8, 4) is 11.4 Å². The van der Waals surface area contributed by atoms with Crippen LogP contribution in [0.4, 0.5) is 11.5 Å². The topological polar surface area (TPSA) is 127 Å². The van der Waals surface area contributed by atoms with Crippen molar-refractivity contribution in [2.24, 2.45) is 0 Å². The lowest BCUT2D eigenvalue weighted by molar-refractivity contribution is 0.602. The second kappa shape index (κ2) is 7.12. The monoisotopic (exact) mass is 434 g/mol. The molecule has 0 aliphatic carbocycles. The number of nitrogen functional groups attached to an aromatic ring is 1. The van der Waals surface area contributed by atoms with Crippen molar-refractivity contribution >= 4 is 55.9 Å². The highest BCUT2D eigenvalue weighted by atomic mass is 35.5. The molecular formula is C17H15ClN6O2S2. The first-order chi connectivity index (χ1) is 13.3. The summed E-state index contributed by atoms with van der Waals surface area (Å²) in [4.78, 5) is 8.88. The van der Waals surface area contributed by atoms with E-state index in [4.69, 9.17) is 17.3 Å². The van der Waals surface area contributed by atoms with Crippen LogP contribution in [-0.2, 0) is 10.0 Å². The molecule has 4 rings (SSSR count). The average Bonchev–Trinajstić information content (AvgIpc) is 3.04. The minimum Gasteiger partial charge on any atom is -0.383 e. The van der Waals surface area contributed by atoms with Crippen LogP contribution in [0, 0.1) is 6.92 Å². The summed E-state index contributed by atoms with van der Waals surface area (Å²) < 4.78 is 26.8. The van der Waals surface area contributed by atoms with Crippen molar-refractivity contribution in [2.75, 3.05) is 10.5 Å². The molecule has 2 aromatic heterocycles. The molecule has 1 atom stereocenters. The van der Waals surface area contributed by atoms with Crippen molar-refractivity contribution in [3.05, 3.63) is 52.6 Å². The van der Waals surface area contributed by atoms with Gasteiger partial charge in [-0.1, -0.05) is 17.7 Å². The minimum atomic E-state index is -3.61. The lowest BCUT2D eigenvalue weighted by atomic mass is 10.2. The Labute approximate surface area is 170 Å². The third-order valence-electron chi connectivity index (χ3n) is 4.06. The molecule has 0 saturated heterocycles. The summed E-state index contributed by atoms with van der Waals surface area (Å²) in [5, 5.41) is 9.57. The van der Waals surface area contributed by atoms with Crippen LogP contribution in [0.3, 0.4) is 0 Å². The first-order valence-electron chi connectivity index (χ1n) is 8.13. The van der Waals surface area contributed by atoms with Crippen LogP contribution in [0.1, 0.15) is 5.69 Å². The maximum Gasteiger partial charge on any atom is 0.249 e. The SMILES string of the molecule is Cc1nc(-c2ccc(NS(=O)(=O)C3C=CC(Cl)=CS3)cc2)nc2n[nH]c(N)c12. The van der Waals surface area contributed by atoms with Crippen molar-refractivity contribution in [1.29, 1.82) is 0 Å². The first-order valence-corrected chi connectivity index (χ1v) is 11.0. The van der Waals surface area contributed by atoms with Crippen LogP contribution in [0.2, 0.25) is 0 Å². The second-order valence-electron chi connectivity index (χ2n) is 6.06. The Hall–Kier alpha value is -2.56. The van der Waals surface area contributed by atoms with E-state index in [1.807, 2.05) is 6.92 Å². The Balaban J connectivity index is 1.57. The summed E-state index contributed by atoms with van der Waals surface area (Å²) in [6.45, 7) is 1.83. The number of hydrogen-bond acceptors (Lipinski definition) is 7. The van der Waals surface area contributed by atoms with Gasteiger partial charge in [0.2, 0.25) is 10.0 Å². The van der Waals surface area contributed by atoms with Gasteiger partial charge in [-0.15, -0.1) is 11.8 Å². The van der Waals surface area contributed by atoms with E-state index in [9.17, 15) is 8.42 Å². The molecule has 0 saturated carbocycles. The van der Waals surface area contributed by atoms with E-state index in [0.717, 1.165) is 17.3 Å². The second-order valence-corrected chi connectivity index (χ2v) is 9.61. The summed E-state index contributed by atoms with van der Waals surface area (Å²) in [6, 6.07) is 6.81. The Morgan fingerprint density at radius 1 is 1.25 bits per heavy atom. The van der Waals surface area contributed by atoms with Crippen LogP contribution in [0.5, 0.6) is 0 Å². The summed E-state index contributed by atoms with van der Waals surface area (Å²) in [7, 11) is -3.61. The van der Waals surface area contributed by atoms with E-state index in [-0.39, 0.29) is 0 Å². The van der Waals surface area contributed by atoms with E-state index in [0.29, 0.717) is 39.1 Å². The third-order valence-corrected chi connectivity index (χ3v) is 7.62. The van der Waals surface area contributed by atoms with Crippen molar-refractivity contribution < 1.29 is 8.42 Å². The number of nitrogens with one attached hydrogen (secondary N) is 2. The van der Waals surface area contributed by atoms with Gasteiger partial charge in [0.1, 0.15) is 10.4 Å². The molecular weight excluding hydrogens is 420 g/mol. The van der Waals surface area contributed by atoms with Gasteiger partial charge >= 0.3 is 0 Å². The molecule has 0 fully saturated rings. The molecule has 3 aromatic rings. The molecule has 4 N–H and O–H groups in total. The van der Waals surface area contributed by atoms with Crippen molar-refractivity contribution in [1.82, 2.24) is 20.2 Å². The molecule has 0 amide bonds. The number of anilines is 2. The smallest absolute Gasteiger partial charge is 0.249 e. The van der Waals surface area contributed by atoms with Crippen molar-refractivity contribution in [2.45, 2.75) is 11.5 Å². The number of H-pyrrole nitrogens is 1. The van der Waals surface area contributed by atoms with Crippen LogP contribution in [0.25, 0.3) is 22.4 Å². The van der Waals surface area contributed by atoms with E-state index in [1.165, 1.54) is 0 Å². The van der Waals surface area contributed by atoms with E-state index < -0.39 is 14.6 Å². The van der Waals surface area contributed by atoms with Gasteiger partial charge in [-0.05, 0) is 42.7 Å². The predicted molar refractivity (Wildman–Crippen MR) is 113 cm³/mol. The minimum absolute atomic E-state index is 0.426. The Kier molecular flexibility index (Phi) is 4.77. The van der Waals surface area contributed by atoms with Gasteiger partial charge in [-0.25, -0.2) is 18.4 Å². The number of rotatable bonds is 4. The molecule has 1 aromatic carbocycles. The number of fused-ring (bicyclic) bond motifs is 1. The zero-order valence-corrected chi connectivity index (χ0v) is 16.9. The summed E-state index contributed by atoms with van der Waals surface area (Å²) in [6.07, 6.45) is 3.12. The first kappa shape index (κ1) is 18.8. The number of thioether (sulfide) groups is 1. The maximum atomic E-state index is 12.5. The summed E-state index contributed by atoms with van der Waals surface area (Å²) >= 11 is 6.96. The van der Waals surface area contributed by atoms with E-state index >= 15 is 0 Å². The number of nitrogens with zero attached hydrogens (tertiary/aromatic N) is 3. The van der Waals surface area contributed by atoms with E-state index in [2.05, 4.69) is 24.9 Å². The number of aryl methyl sites for hydroxylation is 1. The number of halogens is 1. The number of allylic oxidation sites excluding steroid dienone is 2. The summed E-state index contributed by atoms with van der Waals surface area (Å²) in [5.74, 6) is 0.908. The number of aromatic amines is 1. The lowest BCUT2D eigenvalue weighted by Crippen LogP contribution is -2.24. The van der Waals surface area contributed by atoms with Crippen LogP contribution in [0.15, 0.2) is 46.9 Å². The number of sulfonamides is 1. The summed E-state index contributed by atoms with van der Waals surface area (Å²) in [5.41, 5.74) is 8.21. The molecule has 3 heterocycles. The Morgan fingerprint density at radius 2 is 2.00 bits per heavy atom. The van der Waals surface area contributed by atoms with Gasteiger partial charge in [0.05, 0.1) is 11.1 Å². The normalized spacial score (nSPS) is 16.9. The van der Waals surface area contributed by atoms with Crippen LogP contribution < -0.4 is 10.5 Å². The molecule has 0 spiro atoms. The molecule has 11 heteroatoms. The molecule has 8 nitrogen and oxygen atoms in total. The van der Waals surface area contributed by atoms with Crippen LogP contribution >= 0.6 is 23.4 Å². The number of aromatic nitrogens is 4. The highest BCUT2D eigenvalue weighted by Crippen LogP contribution is 2.30. The quantitative estimate of drug-likeness (QED) is 0.574. The standard InChI is InChI=1S/C17H15ClN6O2S2/c1-9-14-15(19)22-23-17(14)21-16(20-9)10-2-5-12(6-3-10)24-28(25,26)13-7-4-11(18)8-27-13/h2-8,13,24H,1H3,(H3,19,20,21,22,23). The highest BCUT2D eigenvalue weighted by molar-refractivity contribution is 8.15. The third kappa shape index (κ3) is 3.58. The molecule has 0 bridgehead atoms.